The Morgan fingerprint density at radius 2 is 2.10 bits per heavy atom. The smallest absolute Gasteiger partial charge is 0.238 e. The number of likely N-dealkylation sites (N-methyl/N-ethyl adjacent to an activating group) is 1. The first kappa shape index (κ1) is 17.0. The van der Waals surface area contributed by atoms with E-state index < -0.39 is 0 Å². The zero-order valence-electron chi connectivity index (χ0n) is 12.2. The molecule has 1 amide bonds. The number of hydrogen-bond donors (Lipinski definition) is 2. The van der Waals surface area contributed by atoms with Crippen LogP contribution in [0.1, 0.15) is 24.8 Å². The fourth-order valence-electron chi connectivity index (χ4n) is 1.91. The summed E-state index contributed by atoms with van der Waals surface area (Å²) in [5.41, 5.74) is 1.75. The third-order valence-corrected chi connectivity index (χ3v) is 3.32. The number of carbonyl (C=O) groups is 1. The van der Waals surface area contributed by atoms with Crippen molar-refractivity contribution < 1.29 is 9.90 Å². The molecule has 1 rings (SSSR count). The zero-order valence-corrected chi connectivity index (χ0v) is 12.9. The van der Waals surface area contributed by atoms with Gasteiger partial charge in [0.25, 0.3) is 0 Å². The quantitative estimate of drug-likeness (QED) is 0.726. The Morgan fingerprint density at radius 3 is 2.80 bits per heavy atom. The third kappa shape index (κ3) is 6.37. The van der Waals surface area contributed by atoms with Gasteiger partial charge in [-0.05, 0) is 57.5 Å². The van der Waals surface area contributed by atoms with E-state index in [1.807, 2.05) is 24.9 Å². The van der Waals surface area contributed by atoms with Crippen LogP contribution in [0.15, 0.2) is 18.2 Å². The average Bonchev–Trinajstić information content (AvgIpc) is 2.39. The van der Waals surface area contributed by atoms with Crippen LogP contribution in [-0.4, -0.2) is 42.7 Å². The van der Waals surface area contributed by atoms with Crippen LogP contribution in [0.5, 0.6) is 0 Å². The van der Waals surface area contributed by atoms with Crippen molar-refractivity contribution in [3.8, 4) is 0 Å². The minimum atomic E-state index is -0.0416. The normalized spacial score (nSPS) is 10.8. The lowest BCUT2D eigenvalue weighted by Crippen LogP contribution is -2.31. The van der Waals surface area contributed by atoms with Crippen LogP contribution in [0.25, 0.3) is 0 Å². The maximum absolute atomic E-state index is 11.9. The molecule has 0 saturated heterocycles. The van der Waals surface area contributed by atoms with Gasteiger partial charge in [-0.1, -0.05) is 17.7 Å². The third-order valence-electron chi connectivity index (χ3n) is 3.09. The molecule has 2 N–H and O–H groups in total. The summed E-state index contributed by atoms with van der Waals surface area (Å²) in [6, 6.07) is 5.45. The highest BCUT2D eigenvalue weighted by Gasteiger charge is 2.08. The van der Waals surface area contributed by atoms with Gasteiger partial charge in [-0.3, -0.25) is 9.69 Å². The lowest BCUT2D eigenvalue weighted by Gasteiger charge is -2.16. The summed E-state index contributed by atoms with van der Waals surface area (Å²) >= 11 is 5.92. The van der Waals surface area contributed by atoms with Gasteiger partial charge in [0.1, 0.15) is 0 Å². The van der Waals surface area contributed by atoms with Crippen molar-refractivity contribution >= 4 is 23.2 Å². The van der Waals surface area contributed by atoms with E-state index in [1.54, 1.807) is 12.1 Å². The summed E-state index contributed by atoms with van der Waals surface area (Å²) in [6.07, 6.45) is 2.79. The van der Waals surface area contributed by atoms with E-state index in [9.17, 15) is 4.79 Å². The van der Waals surface area contributed by atoms with Crippen molar-refractivity contribution in [3.05, 3.63) is 28.8 Å². The summed E-state index contributed by atoms with van der Waals surface area (Å²) in [6.45, 7) is 3.37. The number of benzene rings is 1. The molecule has 0 aliphatic carbocycles. The van der Waals surface area contributed by atoms with E-state index in [-0.39, 0.29) is 12.5 Å². The van der Waals surface area contributed by atoms with Crippen molar-refractivity contribution in [2.24, 2.45) is 0 Å². The molecular weight excluding hydrogens is 276 g/mol. The van der Waals surface area contributed by atoms with Gasteiger partial charge in [-0.15, -0.1) is 0 Å². The molecule has 0 spiro atoms. The van der Waals surface area contributed by atoms with Gasteiger partial charge < -0.3 is 10.4 Å². The molecule has 0 heterocycles. The molecule has 0 atom stereocenters. The van der Waals surface area contributed by atoms with Crippen LogP contribution in [0.3, 0.4) is 0 Å². The van der Waals surface area contributed by atoms with Crippen molar-refractivity contribution in [1.29, 1.82) is 0 Å². The number of nitrogens with zero attached hydrogens (tertiary/aromatic N) is 1. The number of carbonyl (C=O) groups excluding carboxylic acids is 1. The second-order valence-corrected chi connectivity index (χ2v) is 5.47. The highest BCUT2D eigenvalue weighted by molar-refractivity contribution is 6.31. The summed E-state index contributed by atoms with van der Waals surface area (Å²) < 4.78 is 0. The number of aryl methyl sites for hydroxylation is 1. The van der Waals surface area contributed by atoms with E-state index in [0.717, 1.165) is 37.1 Å². The first-order valence-corrected chi connectivity index (χ1v) is 7.26. The van der Waals surface area contributed by atoms with Gasteiger partial charge in [-0.25, -0.2) is 0 Å². The van der Waals surface area contributed by atoms with Crippen LogP contribution >= 0.6 is 11.6 Å². The molecule has 0 saturated carbocycles. The van der Waals surface area contributed by atoms with Crippen LogP contribution in [0.2, 0.25) is 5.02 Å². The summed E-state index contributed by atoms with van der Waals surface area (Å²) in [5, 5.41) is 12.2. The first-order valence-electron chi connectivity index (χ1n) is 6.88. The van der Waals surface area contributed by atoms with Gasteiger partial charge in [0, 0.05) is 17.3 Å². The number of hydrogen-bond acceptors (Lipinski definition) is 3. The number of amides is 1. The minimum absolute atomic E-state index is 0.0416. The average molecular weight is 299 g/mol. The minimum Gasteiger partial charge on any atom is -0.396 e. The Morgan fingerprint density at radius 1 is 1.35 bits per heavy atom. The van der Waals surface area contributed by atoms with E-state index >= 15 is 0 Å². The van der Waals surface area contributed by atoms with Crippen molar-refractivity contribution in [3.63, 3.8) is 0 Å². The first-order chi connectivity index (χ1) is 9.52. The Bertz CT molecular complexity index is 438. The topological polar surface area (TPSA) is 52.6 Å². The molecule has 112 valence electrons. The molecule has 0 aliphatic rings. The lowest BCUT2D eigenvalue weighted by atomic mass is 10.2. The monoisotopic (exact) mass is 298 g/mol. The van der Waals surface area contributed by atoms with E-state index in [0.29, 0.717) is 11.6 Å². The summed E-state index contributed by atoms with van der Waals surface area (Å²) in [7, 11) is 1.92. The highest BCUT2D eigenvalue weighted by Crippen LogP contribution is 2.19. The van der Waals surface area contributed by atoms with Gasteiger partial charge >= 0.3 is 0 Å². The number of aliphatic hydroxyl groups excluding tert-OH is 1. The molecule has 1 aromatic rings. The molecule has 0 bridgehead atoms. The largest absolute Gasteiger partial charge is 0.396 e. The Kier molecular flexibility index (Phi) is 7.59. The maximum atomic E-state index is 11.9. The Balaban J connectivity index is 2.37. The summed E-state index contributed by atoms with van der Waals surface area (Å²) in [5.74, 6) is -0.0416. The Labute approximate surface area is 125 Å². The van der Waals surface area contributed by atoms with Gasteiger partial charge in [-0.2, -0.15) is 0 Å². The number of unbranched alkanes of at least 4 members (excludes halogenated alkanes) is 2. The fraction of sp³-hybridized carbons (Fsp3) is 0.533. The van der Waals surface area contributed by atoms with Crippen LogP contribution in [-0.2, 0) is 4.79 Å². The number of aliphatic hydroxyl groups is 1. The fourth-order valence-corrected chi connectivity index (χ4v) is 2.09. The summed E-state index contributed by atoms with van der Waals surface area (Å²) in [4.78, 5) is 13.9. The van der Waals surface area contributed by atoms with Crippen LogP contribution < -0.4 is 5.32 Å². The molecular formula is C15H23ClN2O2. The molecule has 0 fully saturated rings. The molecule has 0 radical (unpaired) electrons. The number of rotatable bonds is 8. The molecule has 0 aliphatic heterocycles. The van der Waals surface area contributed by atoms with Crippen molar-refractivity contribution in [2.75, 3.05) is 32.1 Å². The van der Waals surface area contributed by atoms with Gasteiger partial charge in [0.2, 0.25) is 5.91 Å². The van der Waals surface area contributed by atoms with Crippen molar-refractivity contribution in [2.45, 2.75) is 26.2 Å². The molecule has 1 aromatic carbocycles. The van der Waals surface area contributed by atoms with Crippen LogP contribution in [0.4, 0.5) is 5.69 Å². The van der Waals surface area contributed by atoms with Gasteiger partial charge in [0.05, 0.1) is 6.54 Å². The molecule has 5 heteroatoms. The number of halogens is 1. The Hall–Kier alpha value is -1.10. The molecule has 0 aromatic heterocycles. The standard InChI is InChI=1S/C15H23ClN2O2/c1-12-6-7-13(16)10-14(12)17-15(20)11-18(2)8-4-3-5-9-19/h6-7,10,19H,3-5,8-9,11H2,1-2H3,(H,17,20). The number of anilines is 1. The molecule has 4 nitrogen and oxygen atoms in total. The molecule has 0 unspecified atom stereocenters. The maximum Gasteiger partial charge on any atom is 0.238 e. The highest BCUT2D eigenvalue weighted by atomic mass is 35.5. The van der Waals surface area contributed by atoms with E-state index in [1.165, 1.54) is 0 Å². The predicted molar refractivity (Wildman–Crippen MR) is 83.3 cm³/mol. The van der Waals surface area contributed by atoms with Crippen molar-refractivity contribution in [1.82, 2.24) is 4.90 Å². The second kappa shape index (κ2) is 8.95. The van der Waals surface area contributed by atoms with Crippen LogP contribution in [0, 0.1) is 6.92 Å². The SMILES string of the molecule is Cc1ccc(Cl)cc1NC(=O)CN(C)CCCCCO. The van der Waals surface area contributed by atoms with E-state index in [2.05, 4.69) is 5.32 Å². The van der Waals surface area contributed by atoms with E-state index in [4.69, 9.17) is 16.7 Å². The lowest BCUT2D eigenvalue weighted by molar-refractivity contribution is -0.117. The zero-order chi connectivity index (χ0) is 15.0. The number of nitrogens with one attached hydrogen (secondary N) is 1. The van der Waals surface area contributed by atoms with Gasteiger partial charge in [0.15, 0.2) is 0 Å². The molecule has 20 heavy (non-hydrogen) atoms. The predicted octanol–water partition coefficient (Wildman–Crippen LogP) is 2.68. The second-order valence-electron chi connectivity index (χ2n) is 5.03.